The third kappa shape index (κ3) is 5.57. The summed E-state index contributed by atoms with van der Waals surface area (Å²) in [7, 11) is 1.58. The number of hydrogen-bond donors (Lipinski definition) is 1. The van der Waals surface area contributed by atoms with E-state index in [-0.39, 0.29) is 11.7 Å². The summed E-state index contributed by atoms with van der Waals surface area (Å²) in [5.41, 5.74) is 4.97. The zero-order valence-electron chi connectivity index (χ0n) is 17.6. The van der Waals surface area contributed by atoms with E-state index >= 15 is 0 Å². The van der Waals surface area contributed by atoms with Gasteiger partial charge in [0.25, 0.3) is 5.91 Å². The zero-order chi connectivity index (χ0) is 23.0. The van der Waals surface area contributed by atoms with Crippen LogP contribution in [-0.4, -0.2) is 44.7 Å². The minimum absolute atomic E-state index is 0.103. The van der Waals surface area contributed by atoms with Crippen molar-refractivity contribution in [3.8, 4) is 22.8 Å². The number of carbonyl (C=O) groups excluding carboxylic acids is 1. The average Bonchev–Trinajstić information content (AvgIpc) is 3.28. The molecule has 0 fully saturated rings. The maximum absolute atomic E-state index is 12.4. The van der Waals surface area contributed by atoms with Gasteiger partial charge in [0.15, 0.2) is 11.0 Å². The molecule has 4 aromatic rings. The lowest BCUT2D eigenvalue weighted by molar-refractivity contribution is -0.118. The third-order valence-corrected chi connectivity index (χ3v) is 5.70. The van der Waals surface area contributed by atoms with Crippen molar-refractivity contribution < 1.29 is 9.53 Å². The van der Waals surface area contributed by atoms with Crippen LogP contribution in [0.1, 0.15) is 5.56 Å². The second-order valence-electron chi connectivity index (χ2n) is 6.68. The number of nitrogens with zero attached hydrogens (tertiary/aromatic N) is 5. The highest BCUT2D eigenvalue weighted by Crippen LogP contribution is 2.28. The quantitative estimate of drug-likeness (QED) is 0.231. The van der Waals surface area contributed by atoms with Crippen LogP contribution in [0.2, 0.25) is 5.02 Å². The van der Waals surface area contributed by atoms with E-state index < -0.39 is 0 Å². The molecular formula is C23H19ClN6O2S. The standard InChI is InChI=1S/C23H19ClN6O2S/c1-32-20-5-3-2-4-17(20)14-26-27-21(31)15-33-23-29-28-22(16-10-12-25-13-11-16)30(23)19-8-6-18(24)7-9-19/h2-14H,15H2,1H3,(H,27,31)/b26-14+. The molecule has 2 aromatic heterocycles. The molecular weight excluding hydrogens is 460 g/mol. The maximum Gasteiger partial charge on any atom is 0.250 e. The molecule has 0 saturated carbocycles. The highest BCUT2D eigenvalue weighted by molar-refractivity contribution is 7.99. The Kier molecular flexibility index (Phi) is 7.33. The molecule has 0 bridgehead atoms. The van der Waals surface area contributed by atoms with Crippen molar-refractivity contribution in [3.63, 3.8) is 0 Å². The number of ether oxygens (including phenoxy) is 1. The average molecular weight is 479 g/mol. The van der Waals surface area contributed by atoms with Gasteiger partial charge in [0.1, 0.15) is 5.75 Å². The summed E-state index contributed by atoms with van der Waals surface area (Å²) in [4.78, 5) is 16.4. The van der Waals surface area contributed by atoms with Gasteiger partial charge in [-0.2, -0.15) is 5.10 Å². The highest BCUT2D eigenvalue weighted by Gasteiger charge is 2.17. The zero-order valence-corrected chi connectivity index (χ0v) is 19.1. The van der Waals surface area contributed by atoms with Gasteiger partial charge in [-0.05, 0) is 48.5 Å². The largest absolute Gasteiger partial charge is 0.496 e. The first kappa shape index (κ1) is 22.5. The summed E-state index contributed by atoms with van der Waals surface area (Å²) in [6, 6.07) is 18.4. The number of aromatic nitrogens is 4. The molecule has 0 aliphatic rings. The number of halogens is 1. The minimum Gasteiger partial charge on any atom is -0.496 e. The molecule has 0 atom stereocenters. The fourth-order valence-corrected chi connectivity index (χ4v) is 3.85. The van der Waals surface area contributed by atoms with Gasteiger partial charge in [-0.25, -0.2) is 5.43 Å². The van der Waals surface area contributed by atoms with Gasteiger partial charge in [-0.15, -0.1) is 10.2 Å². The Labute approximate surface area is 199 Å². The first-order valence-electron chi connectivity index (χ1n) is 9.85. The van der Waals surface area contributed by atoms with Crippen LogP contribution < -0.4 is 10.2 Å². The van der Waals surface area contributed by atoms with Gasteiger partial charge in [0.2, 0.25) is 0 Å². The first-order valence-corrected chi connectivity index (χ1v) is 11.2. The number of benzene rings is 2. The van der Waals surface area contributed by atoms with Crippen molar-refractivity contribution in [3.05, 3.63) is 83.6 Å². The van der Waals surface area contributed by atoms with Crippen molar-refractivity contribution in [2.75, 3.05) is 12.9 Å². The molecule has 2 heterocycles. The normalized spacial score (nSPS) is 11.0. The molecule has 0 spiro atoms. The molecule has 1 N–H and O–H groups in total. The fourth-order valence-electron chi connectivity index (χ4n) is 2.98. The molecule has 1 amide bonds. The van der Waals surface area contributed by atoms with E-state index in [1.807, 2.05) is 53.1 Å². The van der Waals surface area contributed by atoms with E-state index in [4.69, 9.17) is 16.3 Å². The molecule has 0 aliphatic heterocycles. The number of thioether (sulfide) groups is 1. The van der Waals surface area contributed by atoms with Gasteiger partial charge >= 0.3 is 0 Å². The van der Waals surface area contributed by atoms with Gasteiger partial charge in [-0.3, -0.25) is 14.3 Å². The van der Waals surface area contributed by atoms with E-state index in [0.29, 0.717) is 21.8 Å². The van der Waals surface area contributed by atoms with Crippen LogP contribution in [-0.2, 0) is 4.79 Å². The molecule has 8 nitrogen and oxygen atoms in total. The molecule has 10 heteroatoms. The van der Waals surface area contributed by atoms with Crippen LogP contribution in [0.3, 0.4) is 0 Å². The topological polar surface area (TPSA) is 94.3 Å². The van der Waals surface area contributed by atoms with Crippen LogP contribution in [0.4, 0.5) is 0 Å². The highest BCUT2D eigenvalue weighted by atomic mass is 35.5. The third-order valence-electron chi connectivity index (χ3n) is 4.52. The summed E-state index contributed by atoms with van der Waals surface area (Å²) in [6.07, 6.45) is 4.92. The smallest absolute Gasteiger partial charge is 0.250 e. The van der Waals surface area contributed by atoms with Gasteiger partial charge in [-0.1, -0.05) is 35.5 Å². The van der Waals surface area contributed by atoms with Crippen LogP contribution >= 0.6 is 23.4 Å². The molecule has 0 saturated heterocycles. The van der Waals surface area contributed by atoms with E-state index in [1.165, 1.54) is 11.8 Å². The van der Waals surface area contributed by atoms with Gasteiger partial charge in [0, 0.05) is 34.2 Å². The number of hydrogen-bond acceptors (Lipinski definition) is 7. The second-order valence-corrected chi connectivity index (χ2v) is 8.06. The van der Waals surface area contributed by atoms with Crippen LogP contribution in [0, 0.1) is 0 Å². The predicted molar refractivity (Wildman–Crippen MR) is 129 cm³/mol. The summed E-state index contributed by atoms with van der Waals surface area (Å²) < 4.78 is 7.15. The van der Waals surface area contributed by atoms with Crippen molar-refractivity contribution in [1.82, 2.24) is 25.2 Å². The Morgan fingerprint density at radius 2 is 1.88 bits per heavy atom. The maximum atomic E-state index is 12.4. The number of nitrogens with one attached hydrogen (secondary N) is 1. The van der Waals surface area contributed by atoms with Crippen molar-refractivity contribution in [1.29, 1.82) is 0 Å². The lowest BCUT2D eigenvalue weighted by Gasteiger charge is -2.10. The molecule has 0 unspecified atom stereocenters. The van der Waals surface area contributed by atoms with Crippen molar-refractivity contribution in [2.24, 2.45) is 5.10 Å². The summed E-state index contributed by atoms with van der Waals surface area (Å²) in [5.74, 6) is 1.13. The second kappa shape index (κ2) is 10.8. The Morgan fingerprint density at radius 3 is 2.64 bits per heavy atom. The number of hydrazone groups is 1. The molecule has 33 heavy (non-hydrogen) atoms. The number of rotatable bonds is 8. The molecule has 166 valence electrons. The number of para-hydroxylation sites is 1. The van der Waals surface area contributed by atoms with Crippen LogP contribution in [0.5, 0.6) is 5.75 Å². The lowest BCUT2D eigenvalue weighted by Crippen LogP contribution is -2.20. The Balaban J connectivity index is 1.50. The van der Waals surface area contributed by atoms with Crippen LogP contribution in [0.25, 0.3) is 17.1 Å². The van der Waals surface area contributed by atoms with E-state index in [9.17, 15) is 4.79 Å². The fraction of sp³-hybridized carbons (Fsp3) is 0.0870. The van der Waals surface area contributed by atoms with Gasteiger partial charge < -0.3 is 4.74 Å². The predicted octanol–water partition coefficient (Wildman–Crippen LogP) is 4.23. The number of amides is 1. The number of pyridine rings is 1. The molecule has 0 aliphatic carbocycles. The van der Waals surface area contributed by atoms with E-state index in [2.05, 4.69) is 25.7 Å². The molecule has 4 rings (SSSR count). The first-order chi connectivity index (χ1) is 16.2. The SMILES string of the molecule is COc1ccccc1/C=N/NC(=O)CSc1nnc(-c2ccncc2)n1-c1ccc(Cl)cc1. The molecule has 2 aromatic carbocycles. The van der Waals surface area contributed by atoms with E-state index in [0.717, 1.165) is 16.8 Å². The number of carbonyl (C=O) groups is 1. The molecule has 0 radical (unpaired) electrons. The van der Waals surface area contributed by atoms with Gasteiger partial charge in [0.05, 0.1) is 19.1 Å². The lowest BCUT2D eigenvalue weighted by atomic mass is 10.2. The monoisotopic (exact) mass is 478 g/mol. The van der Waals surface area contributed by atoms with Crippen LogP contribution in [0.15, 0.2) is 83.3 Å². The summed E-state index contributed by atoms with van der Waals surface area (Å²) in [6.45, 7) is 0. The van der Waals surface area contributed by atoms with Crippen molar-refractivity contribution >= 4 is 35.5 Å². The van der Waals surface area contributed by atoms with Crippen molar-refractivity contribution in [2.45, 2.75) is 5.16 Å². The van der Waals surface area contributed by atoms with E-state index in [1.54, 1.807) is 37.9 Å². The Bertz CT molecular complexity index is 1260. The number of methoxy groups -OCH3 is 1. The summed E-state index contributed by atoms with van der Waals surface area (Å²) >= 11 is 7.31. The summed E-state index contributed by atoms with van der Waals surface area (Å²) in [5, 5.41) is 13.9. The minimum atomic E-state index is -0.276. The Morgan fingerprint density at radius 1 is 1.12 bits per heavy atom. The Hall–Kier alpha value is -3.69.